The van der Waals surface area contributed by atoms with Gasteiger partial charge in [0.2, 0.25) is 0 Å². The van der Waals surface area contributed by atoms with E-state index >= 15 is 0 Å². The summed E-state index contributed by atoms with van der Waals surface area (Å²) in [6.07, 6.45) is 13.8. The summed E-state index contributed by atoms with van der Waals surface area (Å²) in [6, 6.07) is 0. The van der Waals surface area contributed by atoms with E-state index in [2.05, 4.69) is 6.92 Å². The van der Waals surface area contributed by atoms with Crippen molar-refractivity contribution < 1.29 is 14.7 Å². The molecule has 0 unspecified atom stereocenters. The fourth-order valence-corrected chi connectivity index (χ4v) is 2.16. The first-order chi connectivity index (χ1) is 9.50. The Balaban J connectivity index is -0.000000387. The molecule has 4 N–H and O–H groups in total. The van der Waals surface area contributed by atoms with E-state index < -0.39 is 11.4 Å². The average molecular weight is 431 g/mol. The Labute approximate surface area is 154 Å². The Kier molecular flexibility index (Phi) is 28.2. The van der Waals surface area contributed by atoms with Crippen LogP contribution in [0.3, 0.4) is 0 Å². The second-order valence-electron chi connectivity index (χ2n) is 6.12. The summed E-state index contributed by atoms with van der Waals surface area (Å²) < 4.78 is 0. The van der Waals surface area contributed by atoms with Crippen molar-refractivity contribution in [3.8, 4) is 0 Å². The summed E-state index contributed by atoms with van der Waals surface area (Å²) in [6.45, 7) is 7.89. The van der Waals surface area contributed by atoms with E-state index in [1.165, 1.54) is 57.8 Å². The van der Waals surface area contributed by atoms with Gasteiger partial charge in [0.25, 0.3) is 0 Å². The van der Waals surface area contributed by atoms with Crippen molar-refractivity contribution in [2.45, 2.75) is 91.4 Å². The second kappa shape index (κ2) is 20.8. The van der Waals surface area contributed by atoms with Crippen LogP contribution in [0.1, 0.15) is 91.4 Å². The highest BCUT2D eigenvalue weighted by molar-refractivity contribution is 14.0. The maximum absolute atomic E-state index is 10.9. The molecule has 0 saturated carbocycles. The molecule has 0 rings (SSSR count). The number of rotatable bonds is 12. The number of carbonyl (C=O) groups excluding carboxylic acids is 1. The quantitative estimate of drug-likeness (QED) is 0.293. The molecule has 0 aromatic rings. The van der Waals surface area contributed by atoms with Gasteiger partial charge >= 0.3 is 5.97 Å². The van der Waals surface area contributed by atoms with Gasteiger partial charge in [0.1, 0.15) is 6.79 Å². The zero-order chi connectivity index (χ0) is 15.9. The molecule has 0 fully saturated rings. The molecule has 0 aliphatic rings. The van der Waals surface area contributed by atoms with Crippen molar-refractivity contribution in [1.29, 1.82) is 0 Å². The van der Waals surface area contributed by atoms with E-state index in [9.17, 15) is 4.79 Å². The monoisotopic (exact) mass is 431 g/mol. The third-order valence-electron chi connectivity index (χ3n) is 3.73. The van der Waals surface area contributed by atoms with Gasteiger partial charge in [0, 0.05) is 0 Å². The van der Waals surface area contributed by atoms with E-state index in [1.54, 1.807) is 0 Å². The van der Waals surface area contributed by atoms with Crippen LogP contribution in [0, 0.1) is 5.41 Å². The fraction of sp³-hybridized carbons (Fsp3) is 0.882. The van der Waals surface area contributed by atoms with Crippen molar-refractivity contribution in [3.05, 3.63) is 0 Å². The molecule has 0 aliphatic heterocycles. The third-order valence-corrected chi connectivity index (χ3v) is 3.73. The molecule has 4 nitrogen and oxygen atoms in total. The number of aliphatic carboxylic acids is 1. The number of hydrogen-bond acceptors (Lipinski definition) is 3. The minimum absolute atomic E-state index is 0. The lowest BCUT2D eigenvalue weighted by atomic mass is 9.87. The molecule has 22 heavy (non-hydrogen) atoms. The molecular formula is C17H38INO3. The molecule has 0 aliphatic carbocycles. The summed E-state index contributed by atoms with van der Waals surface area (Å²) in [4.78, 5) is 18.9. The van der Waals surface area contributed by atoms with E-state index in [0.717, 1.165) is 12.8 Å². The molecule has 0 aromatic heterocycles. The predicted molar refractivity (Wildman–Crippen MR) is 105 cm³/mol. The number of hydrogen-bond donors (Lipinski definition) is 2. The zero-order valence-corrected chi connectivity index (χ0v) is 17.2. The van der Waals surface area contributed by atoms with Crippen LogP contribution in [0.15, 0.2) is 0 Å². The first-order valence-electron chi connectivity index (χ1n) is 8.03. The van der Waals surface area contributed by atoms with Crippen molar-refractivity contribution in [2.75, 3.05) is 0 Å². The summed E-state index contributed by atoms with van der Waals surface area (Å²) in [5.41, 5.74) is -0.542. The van der Waals surface area contributed by atoms with Crippen LogP contribution >= 0.6 is 24.0 Å². The number of carbonyl (C=O) groups is 2. The molecule has 0 aromatic carbocycles. The summed E-state index contributed by atoms with van der Waals surface area (Å²) in [5, 5.41) is 8.98. The maximum atomic E-state index is 10.9. The lowest BCUT2D eigenvalue weighted by molar-refractivity contribution is -0.147. The van der Waals surface area contributed by atoms with E-state index in [4.69, 9.17) is 9.90 Å². The van der Waals surface area contributed by atoms with Crippen LogP contribution in [0.5, 0.6) is 0 Å². The minimum atomic E-state index is -0.668. The van der Waals surface area contributed by atoms with Crippen LogP contribution < -0.4 is 6.15 Å². The predicted octanol–water partition coefficient (Wildman–Crippen LogP) is 6.00. The third kappa shape index (κ3) is 19.8. The van der Waals surface area contributed by atoms with Crippen LogP contribution in [0.25, 0.3) is 0 Å². The lowest BCUT2D eigenvalue weighted by Gasteiger charge is -2.18. The van der Waals surface area contributed by atoms with Gasteiger partial charge < -0.3 is 16.1 Å². The Hall–Kier alpha value is -0.170. The van der Waals surface area contributed by atoms with Gasteiger partial charge in [-0.15, -0.1) is 24.0 Å². The van der Waals surface area contributed by atoms with Gasteiger partial charge in [-0.2, -0.15) is 0 Å². The molecule has 0 heterocycles. The number of carboxylic acid groups (broad SMARTS) is 1. The average Bonchev–Trinajstić information content (AvgIpc) is 2.43. The van der Waals surface area contributed by atoms with Crippen LogP contribution in [-0.2, 0) is 9.59 Å². The van der Waals surface area contributed by atoms with Gasteiger partial charge in [0.15, 0.2) is 0 Å². The standard InChI is InChI=1S/C16H32O2.CH2O.HI.H3N/c1-4-5-6-7-8-9-10-11-12-13-14-16(2,3)15(17)18;1-2;;/h4-14H2,1-3H3,(H,17,18);1H2;1H;1H3. The maximum Gasteiger partial charge on any atom is 0.309 e. The Morgan fingerprint density at radius 1 is 0.864 bits per heavy atom. The highest BCUT2D eigenvalue weighted by Crippen LogP contribution is 2.24. The highest BCUT2D eigenvalue weighted by Gasteiger charge is 2.25. The summed E-state index contributed by atoms with van der Waals surface area (Å²) in [7, 11) is 0. The first kappa shape index (κ1) is 29.8. The summed E-state index contributed by atoms with van der Waals surface area (Å²) >= 11 is 0. The van der Waals surface area contributed by atoms with E-state index in [1.807, 2.05) is 20.6 Å². The Morgan fingerprint density at radius 3 is 1.50 bits per heavy atom. The van der Waals surface area contributed by atoms with Crippen LogP contribution in [0.4, 0.5) is 0 Å². The SMILES string of the molecule is C=O.CCCCCCCCCCCCC(C)(C)C(=O)O.I.N. The van der Waals surface area contributed by atoms with Crippen LogP contribution in [-0.4, -0.2) is 17.9 Å². The fourth-order valence-electron chi connectivity index (χ4n) is 2.16. The van der Waals surface area contributed by atoms with Gasteiger partial charge in [0.05, 0.1) is 5.41 Å². The van der Waals surface area contributed by atoms with Crippen molar-refractivity contribution in [3.63, 3.8) is 0 Å². The molecule has 0 amide bonds. The Morgan fingerprint density at radius 2 is 1.18 bits per heavy atom. The highest BCUT2D eigenvalue weighted by atomic mass is 127. The van der Waals surface area contributed by atoms with Gasteiger partial charge in [-0.3, -0.25) is 4.79 Å². The Bertz CT molecular complexity index is 236. The number of carboxylic acids is 1. The van der Waals surface area contributed by atoms with Crippen molar-refractivity contribution in [2.24, 2.45) is 5.41 Å². The second-order valence-corrected chi connectivity index (χ2v) is 6.12. The number of halogens is 1. The minimum Gasteiger partial charge on any atom is -0.481 e. The molecule has 0 spiro atoms. The van der Waals surface area contributed by atoms with E-state index in [-0.39, 0.29) is 30.1 Å². The largest absolute Gasteiger partial charge is 0.481 e. The molecule has 0 bridgehead atoms. The topological polar surface area (TPSA) is 89.4 Å². The molecule has 0 atom stereocenters. The van der Waals surface area contributed by atoms with Crippen LogP contribution in [0.2, 0.25) is 0 Å². The van der Waals surface area contributed by atoms with Crippen molar-refractivity contribution >= 4 is 36.7 Å². The molecule has 136 valence electrons. The smallest absolute Gasteiger partial charge is 0.309 e. The van der Waals surface area contributed by atoms with Gasteiger partial charge in [-0.25, -0.2) is 0 Å². The molecule has 0 radical (unpaired) electrons. The summed E-state index contributed by atoms with van der Waals surface area (Å²) in [5.74, 6) is -0.668. The molecular weight excluding hydrogens is 393 g/mol. The zero-order valence-electron chi connectivity index (χ0n) is 14.9. The first-order valence-corrected chi connectivity index (χ1v) is 8.03. The normalized spacial score (nSPS) is 9.77. The molecule has 5 heteroatoms. The number of unbranched alkanes of at least 4 members (excludes halogenated alkanes) is 9. The lowest BCUT2D eigenvalue weighted by Crippen LogP contribution is -2.23. The van der Waals surface area contributed by atoms with E-state index in [0.29, 0.717) is 0 Å². The van der Waals surface area contributed by atoms with Gasteiger partial charge in [-0.1, -0.05) is 71.1 Å². The molecule has 0 saturated heterocycles. The van der Waals surface area contributed by atoms with Gasteiger partial charge in [-0.05, 0) is 20.3 Å². The van der Waals surface area contributed by atoms with Crippen molar-refractivity contribution in [1.82, 2.24) is 6.15 Å².